The Labute approximate surface area is 110 Å². The van der Waals surface area contributed by atoms with E-state index in [1.807, 2.05) is 40.0 Å². The van der Waals surface area contributed by atoms with Crippen molar-refractivity contribution in [3.05, 3.63) is 29.8 Å². The van der Waals surface area contributed by atoms with Gasteiger partial charge < -0.3 is 5.32 Å². The molecule has 5 heteroatoms. The summed E-state index contributed by atoms with van der Waals surface area (Å²) in [5.74, 6) is 0. The van der Waals surface area contributed by atoms with E-state index < -0.39 is 10.0 Å². The molecule has 1 aromatic rings. The minimum Gasteiger partial charge on any atom is -0.316 e. The zero-order valence-corrected chi connectivity index (χ0v) is 12.3. The molecule has 0 atom stereocenters. The molecule has 0 heterocycles. The molecule has 0 radical (unpaired) electrons. The van der Waals surface area contributed by atoms with Gasteiger partial charge in [0.15, 0.2) is 0 Å². The second kappa shape index (κ2) is 5.82. The second-order valence-corrected chi connectivity index (χ2v) is 7.33. The molecule has 18 heavy (non-hydrogen) atoms. The molecular formula is C13H22N2O2S. The molecule has 0 aliphatic carbocycles. The molecule has 102 valence electrons. The van der Waals surface area contributed by atoms with Crippen LogP contribution >= 0.6 is 0 Å². The molecule has 1 aromatic carbocycles. The van der Waals surface area contributed by atoms with Crippen molar-refractivity contribution in [1.29, 1.82) is 0 Å². The predicted molar refractivity (Wildman–Crippen MR) is 73.8 cm³/mol. The van der Waals surface area contributed by atoms with E-state index in [2.05, 4.69) is 10.0 Å². The minimum absolute atomic E-state index is 0.0703. The van der Waals surface area contributed by atoms with Crippen molar-refractivity contribution in [2.24, 2.45) is 5.41 Å². The summed E-state index contributed by atoms with van der Waals surface area (Å²) in [6, 6.07) is 6.92. The van der Waals surface area contributed by atoms with Crippen LogP contribution < -0.4 is 10.0 Å². The zero-order chi connectivity index (χ0) is 13.8. The van der Waals surface area contributed by atoms with Crippen LogP contribution in [0.25, 0.3) is 0 Å². The molecule has 0 aromatic heterocycles. The summed E-state index contributed by atoms with van der Waals surface area (Å²) in [6.07, 6.45) is 0. The van der Waals surface area contributed by atoms with Crippen LogP contribution in [0.3, 0.4) is 0 Å². The largest absolute Gasteiger partial charge is 0.316 e. The van der Waals surface area contributed by atoms with Gasteiger partial charge in [0.05, 0.1) is 4.90 Å². The Hall–Kier alpha value is -0.910. The third-order valence-corrected chi connectivity index (χ3v) is 3.82. The lowest BCUT2D eigenvalue weighted by Crippen LogP contribution is -2.32. The molecule has 0 unspecified atom stereocenters. The monoisotopic (exact) mass is 270 g/mol. The van der Waals surface area contributed by atoms with Crippen molar-refractivity contribution >= 4 is 10.0 Å². The number of hydrogen-bond acceptors (Lipinski definition) is 3. The lowest BCUT2D eigenvalue weighted by Gasteiger charge is -2.18. The zero-order valence-electron chi connectivity index (χ0n) is 11.4. The maximum atomic E-state index is 12.0. The number of sulfonamides is 1. The van der Waals surface area contributed by atoms with Gasteiger partial charge in [-0.1, -0.05) is 32.9 Å². The highest BCUT2D eigenvalue weighted by Crippen LogP contribution is 2.14. The average Bonchev–Trinajstić information content (AvgIpc) is 2.27. The third kappa shape index (κ3) is 4.76. The maximum Gasteiger partial charge on any atom is 0.240 e. The molecule has 1 rings (SSSR count). The lowest BCUT2D eigenvalue weighted by molar-refractivity contribution is 0.407. The van der Waals surface area contributed by atoms with E-state index in [1.54, 1.807) is 12.1 Å². The van der Waals surface area contributed by atoms with Crippen molar-refractivity contribution in [2.45, 2.75) is 32.2 Å². The molecule has 0 amide bonds. The molecular weight excluding hydrogens is 248 g/mol. The van der Waals surface area contributed by atoms with E-state index in [4.69, 9.17) is 0 Å². The van der Waals surface area contributed by atoms with Crippen molar-refractivity contribution in [3.63, 3.8) is 0 Å². The van der Waals surface area contributed by atoms with E-state index in [9.17, 15) is 8.42 Å². The van der Waals surface area contributed by atoms with Crippen molar-refractivity contribution < 1.29 is 8.42 Å². The average molecular weight is 270 g/mol. The van der Waals surface area contributed by atoms with Crippen LogP contribution in [0.5, 0.6) is 0 Å². The molecule has 4 nitrogen and oxygen atoms in total. The molecule has 0 saturated heterocycles. The Morgan fingerprint density at radius 1 is 1.11 bits per heavy atom. The first kappa shape index (κ1) is 15.1. The number of hydrogen-bond donors (Lipinski definition) is 2. The first-order chi connectivity index (χ1) is 8.24. The Balaban J connectivity index is 2.79. The summed E-state index contributed by atoms with van der Waals surface area (Å²) in [4.78, 5) is 0.312. The first-order valence-electron chi connectivity index (χ1n) is 5.98. The maximum absolute atomic E-state index is 12.0. The van der Waals surface area contributed by atoms with Crippen LogP contribution in [0.2, 0.25) is 0 Å². The lowest BCUT2D eigenvalue weighted by atomic mass is 9.98. The molecule has 0 bridgehead atoms. The summed E-state index contributed by atoms with van der Waals surface area (Å²) in [7, 11) is -1.54. The van der Waals surface area contributed by atoms with Gasteiger partial charge in [0, 0.05) is 13.1 Å². The molecule has 2 N–H and O–H groups in total. The Bertz CT molecular complexity index is 473. The van der Waals surface area contributed by atoms with E-state index in [0.29, 0.717) is 11.4 Å². The molecule has 0 aliphatic heterocycles. The van der Waals surface area contributed by atoms with Crippen LogP contribution in [0.4, 0.5) is 0 Å². The van der Waals surface area contributed by atoms with Crippen LogP contribution in [-0.2, 0) is 16.6 Å². The minimum atomic E-state index is -3.40. The highest BCUT2D eigenvalue weighted by molar-refractivity contribution is 7.89. The van der Waals surface area contributed by atoms with Gasteiger partial charge in [-0.05, 0) is 30.2 Å². The van der Waals surface area contributed by atoms with Crippen LogP contribution in [0, 0.1) is 5.41 Å². The Morgan fingerprint density at radius 3 is 2.11 bits per heavy atom. The van der Waals surface area contributed by atoms with Gasteiger partial charge in [-0.3, -0.25) is 0 Å². The topological polar surface area (TPSA) is 58.2 Å². The fourth-order valence-electron chi connectivity index (χ4n) is 1.39. The quantitative estimate of drug-likeness (QED) is 0.856. The second-order valence-electron chi connectivity index (χ2n) is 5.56. The van der Waals surface area contributed by atoms with E-state index >= 15 is 0 Å². The van der Waals surface area contributed by atoms with Crippen LogP contribution in [0.1, 0.15) is 26.3 Å². The highest BCUT2D eigenvalue weighted by Gasteiger charge is 2.18. The standard InChI is InChI=1S/C13H22N2O2S/c1-13(2,3)10-15-18(16,17)12-7-5-11(6-8-12)9-14-4/h5-8,14-15H,9-10H2,1-4H3. The van der Waals surface area contributed by atoms with Gasteiger partial charge in [0.1, 0.15) is 0 Å². The number of nitrogens with one attached hydrogen (secondary N) is 2. The summed E-state index contributed by atoms with van der Waals surface area (Å²) in [5, 5.41) is 3.02. The summed E-state index contributed by atoms with van der Waals surface area (Å²) in [6.45, 7) is 7.13. The summed E-state index contributed by atoms with van der Waals surface area (Å²) in [5.41, 5.74) is 0.992. The fourth-order valence-corrected chi connectivity index (χ4v) is 2.67. The van der Waals surface area contributed by atoms with Crippen molar-refractivity contribution in [2.75, 3.05) is 13.6 Å². The first-order valence-corrected chi connectivity index (χ1v) is 7.46. The van der Waals surface area contributed by atoms with Crippen LogP contribution in [-0.4, -0.2) is 22.0 Å². The summed E-state index contributed by atoms with van der Waals surface area (Å²) >= 11 is 0. The molecule has 0 fully saturated rings. The summed E-state index contributed by atoms with van der Waals surface area (Å²) < 4.78 is 26.7. The third-order valence-electron chi connectivity index (χ3n) is 2.41. The smallest absolute Gasteiger partial charge is 0.240 e. The van der Waals surface area contributed by atoms with Crippen molar-refractivity contribution in [1.82, 2.24) is 10.0 Å². The van der Waals surface area contributed by atoms with Gasteiger partial charge in [-0.15, -0.1) is 0 Å². The SMILES string of the molecule is CNCc1ccc(S(=O)(=O)NCC(C)(C)C)cc1. The Morgan fingerprint density at radius 2 is 1.67 bits per heavy atom. The fraction of sp³-hybridized carbons (Fsp3) is 0.538. The molecule has 0 spiro atoms. The van der Waals surface area contributed by atoms with Gasteiger partial charge in [-0.2, -0.15) is 0 Å². The van der Waals surface area contributed by atoms with Gasteiger partial charge >= 0.3 is 0 Å². The number of rotatable bonds is 5. The van der Waals surface area contributed by atoms with Gasteiger partial charge in [0.25, 0.3) is 0 Å². The van der Waals surface area contributed by atoms with Gasteiger partial charge in [-0.25, -0.2) is 13.1 Å². The van der Waals surface area contributed by atoms with Crippen LogP contribution in [0.15, 0.2) is 29.2 Å². The normalized spacial score (nSPS) is 12.7. The van der Waals surface area contributed by atoms with Crippen molar-refractivity contribution in [3.8, 4) is 0 Å². The number of benzene rings is 1. The predicted octanol–water partition coefficient (Wildman–Crippen LogP) is 1.73. The van der Waals surface area contributed by atoms with E-state index in [1.165, 1.54) is 0 Å². The van der Waals surface area contributed by atoms with E-state index in [0.717, 1.165) is 12.1 Å². The van der Waals surface area contributed by atoms with E-state index in [-0.39, 0.29) is 5.41 Å². The Kier molecular flexibility index (Phi) is 4.90. The highest BCUT2D eigenvalue weighted by atomic mass is 32.2. The molecule has 0 aliphatic rings. The van der Waals surface area contributed by atoms with Gasteiger partial charge in [0.2, 0.25) is 10.0 Å². The molecule has 0 saturated carbocycles.